The number of hydrogen-bond acceptors (Lipinski definition) is 3. The maximum Gasteiger partial charge on any atom is 0.125 e. The molecule has 0 saturated carbocycles. The quantitative estimate of drug-likeness (QED) is 0.830. The van der Waals surface area contributed by atoms with Gasteiger partial charge in [-0.25, -0.2) is 9.37 Å². The molecule has 3 nitrogen and oxygen atoms in total. The third-order valence-corrected chi connectivity index (χ3v) is 2.17. The highest BCUT2D eigenvalue weighted by Gasteiger charge is 1.96. The van der Waals surface area contributed by atoms with Crippen LogP contribution in [0.2, 0.25) is 0 Å². The van der Waals surface area contributed by atoms with Crippen molar-refractivity contribution in [1.29, 1.82) is 0 Å². The van der Waals surface area contributed by atoms with Gasteiger partial charge in [-0.2, -0.15) is 0 Å². The zero-order valence-corrected chi connectivity index (χ0v) is 8.65. The average Bonchev–Trinajstić information content (AvgIpc) is 2.28. The van der Waals surface area contributed by atoms with Gasteiger partial charge in [-0.05, 0) is 29.8 Å². The third-order valence-electron chi connectivity index (χ3n) is 2.17. The molecule has 4 heteroatoms. The summed E-state index contributed by atoms with van der Waals surface area (Å²) in [5.41, 5.74) is 7.22. The molecule has 1 aromatic heterocycles. The van der Waals surface area contributed by atoms with Gasteiger partial charge in [0.15, 0.2) is 0 Å². The molecule has 3 N–H and O–H groups in total. The number of nitrogens with zero attached hydrogens (tertiary/aromatic N) is 1. The summed E-state index contributed by atoms with van der Waals surface area (Å²) >= 11 is 0. The fourth-order valence-electron chi connectivity index (χ4n) is 1.34. The molecule has 2 rings (SSSR count). The number of pyridine rings is 1. The van der Waals surface area contributed by atoms with Gasteiger partial charge in [-0.3, -0.25) is 0 Å². The number of nitrogen functional groups attached to an aromatic ring is 1. The first kappa shape index (κ1) is 10.4. The first-order chi connectivity index (χ1) is 7.74. The van der Waals surface area contributed by atoms with E-state index < -0.39 is 0 Å². The molecule has 1 heterocycles. The molecule has 0 unspecified atom stereocenters. The summed E-state index contributed by atoms with van der Waals surface area (Å²) in [4.78, 5) is 3.97. The van der Waals surface area contributed by atoms with Crippen LogP contribution in [0.25, 0.3) is 0 Å². The predicted molar refractivity (Wildman–Crippen MR) is 62.4 cm³/mol. The van der Waals surface area contributed by atoms with Gasteiger partial charge >= 0.3 is 0 Å². The summed E-state index contributed by atoms with van der Waals surface area (Å²) in [5, 5.41) is 3.10. The number of hydrogen-bond donors (Lipinski definition) is 2. The number of aromatic nitrogens is 1. The molecule has 0 bridgehead atoms. The molecule has 1 aromatic carbocycles. The molecule has 0 spiro atoms. The monoisotopic (exact) mass is 217 g/mol. The Kier molecular flexibility index (Phi) is 3.00. The van der Waals surface area contributed by atoms with E-state index in [1.807, 2.05) is 12.1 Å². The summed E-state index contributed by atoms with van der Waals surface area (Å²) in [6.45, 7) is 0.594. The molecule has 0 radical (unpaired) electrons. The molecule has 0 aliphatic carbocycles. The van der Waals surface area contributed by atoms with Gasteiger partial charge in [-0.15, -0.1) is 0 Å². The Morgan fingerprint density at radius 1 is 1.25 bits per heavy atom. The Labute approximate surface area is 93.1 Å². The second-order valence-corrected chi connectivity index (χ2v) is 3.46. The Hall–Kier alpha value is -2.10. The minimum Gasteiger partial charge on any atom is -0.384 e. The van der Waals surface area contributed by atoms with Gasteiger partial charge in [0.25, 0.3) is 0 Å². The summed E-state index contributed by atoms with van der Waals surface area (Å²) in [6.07, 6.45) is 1.70. The topological polar surface area (TPSA) is 50.9 Å². The van der Waals surface area contributed by atoms with Crippen LogP contribution >= 0.6 is 0 Å². The van der Waals surface area contributed by atoms with E-state index in [1.165, 1.54) is 12.1 Å². The van der Waals surface area contributed by atoms with Crippen LogP contribution in [0.4, 0.5) is 15.9 Å². The number of nitrogens with one attached hydrogen (secondary N) is 1. The fraction of sp³-hybridized carbons (Fsp3) is 0.0833. The Balaban J connectivity index is 1.99. The van der Waals surface area contributed by atoms with E-state index in [9.17, 15) is 4.39 Å². The number of benzene rings is 1. The first-order valence-corrected chi connectivity index (χ1v) is 4.94. The maximum absolute atomic E-state index is 12.9. The van der Waals surface area contributed by atoms with Gasteiger partial charge in [-0.1, -0.05) is 12.1 Å². The van der Waals surface area contributed by atoms with E-state index in [0.717, 1.165) is 11.3 Å². The Morgan fingerprint density at radius 3 is 2.81 bits per heavy atom. The van der Waals surface area contributed by atoms with E-state index in [4.69, 9.17) is 5.73 Å². The van der Waals surface area contributed by atoms with Crippen LogP contribution in [0.5, 0.6) is 0 Å². The van der Waals surface area contributed by atoms with Crippen LogP contribution in [0, 0.1) is 5.82 Å². The van der Waals surface area contributed by atoms with E-state index in [1.54, 1.807) is 18.3 Å². The number of halogens is 1. The van der Waals surface area contributed by atoms with Crippen molar-refractivity contribution in [3.05, 3.63) is 54.0 Å². The van der Waals surface area contributed by atoms with Crippen LogP contribution in [-0.4, -0.2) is 4.98 Å². The summed E-state index contributed by atoms with van der Waals surface area (Å²) in [5.74, 6) is 0.245. The Bertz CT molecular complexity index is 468. The molecule has 0 fully saturated rings. The van der Waals surface area contributed by atoms with Crippen LogP contribution in [0.3, 0.4) is 0 Å². The average molecular weight is 217 g/mol. The molecule has 0 amide bonds. The van der Waals surface area contributed by atoms with Crippen molar-refractivity contribution in [2.24, 2.45) is 0 Å². The summed E-state index contributed by atoms with van der Waals surface area (Å²) in [6, 6.07) is 9.96. The van der Waals surface area contributed by atoms with Gasteiger partial charge in [0, 0.05) is 18.4 Å². The zero-order chi connectivity index (χ0) is 11.4. The molecule has 0 saturated heterocycles. The second kappa shape index (κ2) is 4.61. The van der Waals surface area contributed by atoms with E-state index in [-0.39, 0.29) is 5.82 Å². The second-order valence-electron chi connectivity index (χ2n) is 3.46. The number of rotatable bonds is 3. The van der Waals surface area contributed by atoms with E-state index in [2.05, 4.69) is 10.3 Å². The maximum atomic E-state index is 12.9. The van der Waals surface area contributed by atoms with Crippen LogP contribution in [0.1, 0.15) is 5.56 Å². The molecule has 0 aliphatic rings. The predicted octanol–water partition coefficient (Wildman–Crippen LogP) is 2.42. The molecule has 82 valence electrons. The highest BCUT2D eigenvalue weighted by Crippen LogP contribution is 2.11. The lowest BCUT2D eigenvalue weighted by Gasteiger charge is -2.06. The van der Waals surface area contributed by atoms with Crippen LogP contribution < -0.4 is 11.1 Å². The molecule has 0 atom stereocenters. The standard InChI is InChI=1S/C12H12FN3/c13-10-2-1-3-11(6-10)15-7-9-4-5-12(14)16-8-9/h1-6,8,15H,7H2,(H2,14,16). The first-order valence-electron chi connectivity index (χ1n) is 4.94. The number of anilines is 2. The lowest BCUT2D eigenvalue weighted by atomic mass is 10.2. The van der Waals surface area contributed by atoms with E-state index >= 15 is 0 Å². The third kappa shape index (κ3) is 2.70. The van der Waals surface area contributed by atoms with Crippen molar-refractivity contribution < 1.29 is 4.39 Å². The summed E-state index contributed by atoms with van der Waals surface area (Å²) in [7, 11) is 0. The van der Waals surface area contributed by atoms with Crippen molar-refractivity contribution >= 4 is 11.5 Å². The summed E-state index contributed by atoms with van der Waals surface area (Å²) < 4.78 is 12.9. The lowest BCUT2D eigenvalue weighted by molar-refractivity contribution is 0.628. The van der Waals surface area contributed by atoms with E-state index in [0.29, 0.717) is 12.4 Å². The molecule has 2 aromatic rings. The minimum atomic E-state index is -0.250. The molecular formula is C12H12FN3. The highest BCUT2D eigenvalue weighted by molar-refractivity contribution is 5.43. The van der Waals surface area contributed by atoms with Gasteiger partial charge < -0.3 is 11.1 Å². The van der Waals surface area contributed by atoms with Gasteiger partial charge in [0.1, 0.15) is 11.6 Å². The molecule has 16 heavy (non-hydrogen) atoms. The fourth-order valence-corrected chi connectivity index (χ4v) is 1.34. The van der Waals surface area contributed by atoms with Gasteiger partial charge in [0.2, 0.25) is 0 Å². The van der Waals surface area contributed by atoms with Crippen LogP contribution in [-0.2, 0) is 6.54 Å². The largest absolute Gasteiger partial charge is 0.384 e. The minimum absolute atomic E-state index is 0.250. The lowest BCUT2D eigenvalue weighted by Crippen LogP contribution is -2.00. The molecule has 0 aliphatic heterocycles. The van der Waals surface area contributed by atoms with Crippen molar-refractivity contribution in [1.82, 2.24) is 4.98 Å². The number of nitrogens with two attached hydrogens (primary N) is 1. The smallest absolute Gasteiger partial charge is 0.125 e. The van der Waals surface area contributed by atoms with Crippen molar-refractivity contribution in [2.45, 2.75) is 6.54 Å². The SMILES string of the molecule is Nc1ccc(CNc2cccc(F)c2)cn1. The highest BCUT2D eigenvalue weighted by atomic mass is 19.1. The Morgan fingerprint density at radius 2 is 2.12 bits per heavy atom. The van der Waals surface area contributed by atoms with Crippen molar-refractivity contribution in [2.75, 3.05) is 11.1 Å². The van der Waals surface area contributed by atoms with Crippen LogP contribution in [0.15, 0.2) is 42.6 Å². The zero-order valence-electron chi connectivity index (χ0n) is 8.65. The van der Waals surface area contributed by atoms with Crippen molar-refractivity contribution in [3.63, 3.8) is 0 Å². The van der Waals surface area contributed by atoms with Crippen molar-refractivity contribution in [3.8, 4) is 0 Å². The normalized spacial score (nSPS) is 10.1. The molecular weight excluding hydrogens is 205 g/mol. The van der Waals surface area contributed by atoms with Gasteiger partial charge in [0.05, 0.1) is 0 Å².